The number of aromatic nitrogens is 2. The molecule has 0 aliphatic heterocycles. The van der Waals surface area contributed by atoms with Gasteiger partial charge in [-0.1, -0.05) is 182 Å². The number of benzene rings is 9. The standard InChI is InChI=1S/C56H36N2/c1-3-15-37(16-4-1)45-35-53(38-17-5-2-6-18-38)57-55(36-45)56-46-24-8-7-19-43(46)34-54(58-56)44-23-14-22-41(32-44)39-20-13-21-40(31-39)42-29-30-51-49-27-10-9-25-47(49)48-26-11-12-28-50(48)52(51)33-42/h1-36H. The molecule has 2 aromatic heterocycles. The second-order valence-corrected chi connectivity index (χ2v) is 14.9. The summed E-state index contributed by atoms with van der Waals surface area (Å²) in [5.74, 6) is 0. The summed E-state index contributed by atoms with van der Waals surface area (Å²) < 4.78 is 0. The van der Waals surface area contributed by atoms with E-state index in [1.165, 1.54) is 43.4 Å². The van der Waals surface area contributed by atoms with Gasteiger partial charge in [0.25, 0.3) is 0 Å². The molecule has 2 nitrogen and oxygen atoms in total. The van der Waals surface area contributed by atoms with Crippen LogP contribution in [0.25, 0.3) is 110 Å². The van der Waals surface area contributed by atoms with E-state index in [-0.39, 0.29) is 0 Å². The lowest BCUT2D eigenvalue weighted by molar-refractivity contribution is 1.27. The molecule has 0 aliphatic rings. The smallest absolute Gasteiger partial charge is 0.0972 e. The highest BCUT2D eigenvalue weighted by atomic mass is 14.8. The van der Waals surface area contributed by atoms with Crippen LogP contribution < -0.4 is 0 Å². The Balaban J connectivity index is 1.02. The molecule has 0 unspecified atom stereocenters. The Morgan fingerprint density at radius 1 is 0.207 bits per heavy atom. The first-order valence-electron chi connectivity index (χ1n) is 19.8. The first kappa shape index (κ1) is 33.6. The van der Waals surface area contributed by atoms with Gasteiger partial charge in [0.15, 0.2) is 0 Å². The number of rotatable bonds is 6. The van der Waals surface area contributed by atoms with Crippen molar-refractivity contribution in [3.05, 3.63) is 218 Å². The third-order valence-corrected chi connectivity index (χ3v) is 11.4. The van der Waals surface area contributed by atoms with Crippen molar-refractivity contribution in [3.8, 4) is 67.3 Å². The summed E-state index contributed by atoms with van der Waals surface area (Å²) >= 11 is 0. The molecule has 0 aliphatic carbocycles. The molecule has 0 bridgehead atoms. The molecule has 9 aromatic carbocycles. The molecule has 0 N–H and O–H groups in total. The maximum atomic E-state index is 5.42. The van der Waals surface area contributed by atoms with Gasteiger partial charge in [0.2, 0.25) is 0 Å². The Kier molecular flexibility index (Phi) is 8.19. The zero-order valence-corrected chi connectivity index (χ0v) is 31.7. The Labute approximate surface area is 337 Å². The molecule has 2 heterocycles. The zero-order valence-electron chi connectivity index (χ0n) is 31.7. The van der Waals surface area contributed by atoms with Gasteiger partial charge in [-0.15, -0.1) is 0 Å². The van der Waals surface area contributed by atoms with Crippen LogP contribution in [0.1, 0.15) is 0 Å². The van der Waals surface area contributed by atoms with Gasteiger partial charge in [-0.3, -0.25) is 0 Å². The van der Waals surface area contributed by atoms with Gasteiger partial charge in [0, 0.05) is 16.5 Å². The normalized spacial score (nSPS) is 11.4. The lowest BCUT2D eigenvalue weighted by atomic mass is 9.91. The number of hydrogen-bond donors (Lipinski definition) is 0. The minimum Gasteiger partial charge on any atom is -0.246 e. The van der Waals surface area contributed by atoms with Crippen molar-refractivity contribution in [2.45, 2.75) is 0 Å². The SMILES string of the molecule is c1ccc(-c2cc(-c3ccccc3)nc(-c3nc(-c4cccc(-c5cccc(-c6ccc7c8ccccc8c8ccccc8c7c6)c5)c4)cc4ccccc34)c2)cc1. The number of fused-ring (bicyclic) bond motifs is 7. The van der Waals surface area contributed by atoms with Crippen LogP contribution in [0, 0.1) is 0 Å². The molecule has 2 heteroatoms. The monoisotopic (exact) mass is 736 g/mol. The van der Waals surface area contributed by atoms with E-state index in [1.807, 2.05) is 6.07 Å². The number of hydrogen-bond acceptors (Lipinski definition) is 2. The van der Waals surface area contributed by atoms with Gasteiger partial charge in [0.05, 0.1) is 22.8 Å². The first-order chi connectivity index (χ1) is 28.7. The largest absolute Gasteiger partial charge is 0.246 e. The number of nitrogens with zero attached hydrogens (tertiary/aromatic N) is 2. The molecule has 270 valence electrons. The molecule has 11 rings (SSSR count). The Hall–Kier alpha value is -7.68. The molecule has 0 atom stereocenters. The van der Waals surface area contributed by atoms with Crippen LogP contribution in [-0.2, 0) is 0 Å². The highest BCUT2D eigenvalue weighted by Crippen LogP contribution is 2.39. The van der Waals surface area contributed by atoms with Gasteiger partial charge in [-0.25, -0.2) is 9.97 Å². The summed E-state index contributed by atoms with van der Waals surface area (Å²) in [5.41, 5.74) is 12.6. The lowest BCUT2D eigenvalue weighted by Gasteiger charge is -2.14. The quantitative estimate of drug-likeness (QED) is 0.159. The maximum Gasteiger partial charge on any atom is 0.0972 e. The molecule has 0 saturated heterocycles. The van der Waals surface area contributed by atoms with E-state index in [4.69, 9.17) is 9.97 Å². The van der Waals surface area contributed by atoms with E-state index < -0.39 is 0 Å². The topological polar surface area (TPSA) is 25.8 Å². The third kappa shape index (κ3) is 6.00. The molecule has 0 fully saturated rings. The Bertz CT molecular complexity index is 3240. The number of pyridine rings is 2. The molecular formula is C56H36N2. The summed E-state index contributed by atoms with van der Waals surface area (Å²) in [6.45, 7) is 0. The van der Waals surface area contributed by atoms with Crippen molar-refractivity contribution in [3.63, 3.8) is 0 Å². The van der Waals surface area contributed by atoms with Crippen LogP contribution in [0.15, 0.2) is 218 Å². The summed E-state index contributed by atoms with van der Waals surface area (Å²) in [6, 6.07) is 78.1. The molecule has 0 amide bonds. The van der Waals surface area contributed by atoms with Crippen LogP contribution in [0.2, 0.25) is 0 Å². The molecule has 58 heavy (non-hydrogen) atoms. The third-order valence-electron chi connectivity index (χ3n) is 11.4. The second kappa shape index (κ2) is 14.1. The highest BCUT2D eigenvalue weighted by Gasteiger charge is 2.16. The average Bonchev–Trinajstić information content (AvgIpc) is 3.31. The van der Waals surface area contributed by atoms with Gasteiger partial charge in [-0.05, 0) is 107 Å². The van der Waals surface area contributed by atoms with Crippen molar-refractivity contribution in [1.29, 1.82) is 0 Å². The fourth-order valence-corrected chi connectivity index (χ4v) is 8.57. The fourth-order valence-electron chi connectivity index (χ4n) is 8.57. The van der Waals surface area contributed by atoms with Crippen LogP contribution in [0.4, 0.5) is 0 Å². The molecule has 11 aromatic rings. The summed E-state index contributed by atoms with van der Waals surface area (Å²) in [4.78, 5) is 10.7. The van der Waals surface area contributed by atoms with E-state index in [2.05, 4.69) is 212 Å². The van der Waals surface area contributed by atoms with E-state index in [0.717, 1.165) is 66.9 Å². The highest BCUT2D eigenvalue weighted by molar-refractivity contribution is 6.25. The Morgan fingerprint density at radius 2 is 0.655 bits per heavy atom. The maximum absolute atomic E-state index is 5.42. The predicted molar refractivity (Wildman–Crippen MR) is 245 cm³/mol. The van der Waals surface area contributed by atoms with Gasteiger partial charge in [0.1, 0.15) is 0 Å². The lowest BCUT2D eigenvalue weighted by Crippen LogP contribution is -1.96. The summed E-state index contributed by atoms with van der Waals surface area (Å²) in [6.07, 6.45) is 0. The van der Waals surface area contributed by atoms with Crippen LogP contribution >= 0.6 is 0 Å². The molecule has 0 radical (unpaired) electrons. The van der Waals surface area contributed by atoms with E-state index in [9.17, 15) is 0 Å². The van der Waals surface area contributed by atoms with Crippen molar-refractivity contribution < 1.29 is 0 Å². The molecular weight excluding hydrogens is 701 g/mol. The van der Waals surface area contributed by atoms with Gasteiger partial charge < -0.3 is 0 Å². The van der Waals surface area contributed by atoms with E-state index >= 15 is 0 Å². The van der Waals surface area contributed by atoms with Gasteiger partial charge in [-0.2, -0.15) is 0 Å². The minimum atomic E-state index is 0.846. The Morgan fingerprint density at radius 3 is 1.31 bits per heavy atom. The van der Waals surface area contributed by atoms with Gasteiger partial charge >= 0.3 is 0 Å². The van der Waals surface area contributed by atoms with Crippen molar-refractivity contribution in [2.24, 2.45) is 0 Å². The predicted octanol–water partition coefficient (Wildman–Crippen LogP) is 15.1. The average molecular weight is 737 g/mol. The first-order valence-corrected chi connectivity index (χ1v) is 19.8. The minimum absolute atomic E-state index is 0.846. The van der Waals surface area contributed by atoms with E-state index in [1.54, 1.807) is 0 Å². The van der Waals surface area contributed by atoms with E-state index in [0.29, 0.717) is 0 Å². The van der Waals surface area contributed by atoms with Crippen LogP contribution in [0.5, 0.6) is 0 Å². The van der Waals surface area contributed by atoms with Crippen molar-refractivity contribution in [1.82, 2.24) is 9.97 Å². The van der Waals surface area contributed by atoms with Crippen LogP contribution in [-0.4, -0.2) is 9.97 Å². The van der Waals surface area contributed by atoms with Crippen molar-refractivity contribution in [2.75, 3.05) is 0 Å². The molecule has 0 spiro atoms. The zero-order chi connectivity index (χ0) is 38.4. The fraction of sp³-hybridized carbons (Fsp3) is 0. The van der Waals surface area contributed by atoms with Crippen LogP contribution in [0.3, 0.4) is 0 Å². The van der Waals surface area contributed by atoms with Crippen molar-refractivity contribution >= 4 is 43.1 Å². The molecule has 0 saturated carbocycles. The second-order valence-electron chi connectivity index (χ2n) is 14.9. The summed E-state index contributed by atoms with van der Waals surface area (Å²) in [7, 11) is 0. The summed E-state index contributed by atoms with van der Waals surface area (Å²) in [5, 5.41) is 9.90.